The van der Waals surface area contributed by atoms with Crippen molar-refractivity contribution in [1.82, 2.24) is 0 Å². The van der Waals surface area contributed by atoms with Gasteiger partial charge in [0.05, 0.1) is 12.2 Å². The first-order valence-electron chi connectivity index (χ1n) is 6.78. The van der Waals surface area contributed by atoms with Gasteiger partial charge in [0.15, 0.2) is 5.78 Å². The van der Waals surface area contributed by atoms with Gasteiger partial charge >= 0.3 is 0 Å². The molecule has 1 aromatic rings. The van der Waals surface area contributed by atoms with E-state index in [0.717, 1.165) is 37.0 Å². The molecule has 0 fully saturated rings. The highest BCUT2D eigenvalue weighted by Crippen LogP contribution is 2.26. The number of carbonyl (C=O) groups is 1. The standard InChI is InChI=1S/C16H20O2/c1-2-12-18-15-11-7-6-10-14(15)16(17)13-8-4-3-5-9-13/h6-8,10-11H,2-5,9,12H2,1H3. The van der Waals surface area contributed by atoms with Crippen molar-refractivity contribution in [2.75, 3.05) is 6.61 Å². The number of para-hydroxylation sites is 1. The molecule has 1 aliphatic carbocycles. The Morgan fingerprint density at radius 1 is 1.28 bits per heavy atom. The van der Waals surface area contributed by atoms with E-state index in [1.165, 1.54) is 6.42 Å². The molecule has 0 atom stereocenters. The quantitative estimate of drug-likeness (QED) is 0.727. The largest absolute Gasteiger partial charge is 0.493 e. The molecule has 2 rings (SSSR count). The number of rotatable bonds is 5. The van der Waals surface area contributed by atoms with Crippen molar-refractivity contribution in [1.29, 1.82) is 0 Å². The Hall–Kier alpha value is -1.57. The van der Waals surface area contributed by atoms with Crippen LogP contribution in [0.2, 0.25) is 0 Å². The summed E-state index contributed by atoms with van der Waals surface area (Å²) in [5, 5.41) is 0. The molecule has 0 unspecified atom stereocenters. The van der Waals surface area contributed by atoms with Crippen LogP contribution in [-0.4, -0.2) is 12.4 Å². The Labute approximate surface area is 109 Å². The Morgan fingerprint density at radius 3 is 2.83 bits per heavy atom. The second-order valence-electron chi connectivity index (χ2n) is 4.65. The van der Waals surface area contributed by atoms with Crippen LogP contribution in [0.4, 0.5) is 0 Å². The normalized spacial score (nSPS) is 15.1. The summed E-state index contributed by atoms with van der Waals surface area (Å²) in [5.41, 5.74) is 1.66. The van der Waals surface area contributed by atoms with Crippen molar-refractivity contribution in [3.05, 3.63) is 41.5 Å². The van der Waals surface area contributed by atoms with Crippen LogP contribution in [-0.2, 0) is 0 Å². The van der Waals surface area contributed by atoms with Gasteiger partial charge in [-0.15, -0.1) is 0 Å². The van der Waals surface area contributed by atoms with E-state index < -0.39 is 0 Å². The molecular weight excluding hydrogens is 224 g/mol. The van der Waals surface area contributed by atoms with Crippen LogP contribution >= 0.6 is 0 Å². The molecule has 18 heavy (non-hydrogen) atoms. The third-order valence-electron chi connectivity index (χ3n) is 3.18. The molecule has 0 heterocycles. The number of allylic oxidation sites excluding steroid dienone is 2. The van der Waals surface area contributed by atoms with Gasteiger partial charge in [-0.25, -0.2) is 0 Å². The van der Waals surface area contributed by atoms with Crippen molar-refractivity contribution in [2.24, 2.45) is 0 Å². The van der Waals surface area contributed by atoms with E-state index in [0.29, 0.717) is 12.2 Å². The highest BCUT2D eigenvalue weighted by molar-refractivity contribution is 6.10. The number of carbonyl (C=O) groups excluding carboxylic acids is 1. The number of Topliss-reactive ketones (excluding diaryl/α,β-unsaturated/α-hetero) is 1. The van der Waals surface area contributed by atoms with Crippen LogP contribution in [0.15, 0.2) is 35.9 Å². The van der Waals surface area contributed by atoms with Gasteiger partial charge in [-0.05, 0) is 49.8 Å². The molecule has 0 amide bonds. The lowest BCUT2D eigenvalue weighted by Crippen LogP contribution is -2.09. The molecule has 0 saturated heterocycles. The van der Waals surface area contributed by atoms with Crippen LogP contribution in [0.3, 0.4) is 0 Å². The molecule has 0 spiro atoms. The van der Waals surface area contributed by atoms with Crippen molar-refractivity contribution in [3.8, 4) is 5.75 Å². The van der Waals surface area contributed by atoms with Gasteiger partial charge in [-0.3, -0.25) is 4.79 Å². The van der Waals surface area contributed by atoms with Gasteiger partial charge < -0.3 is 4.74 Å². The molecule has 96 valence electrons. The first kappa shape index (κ1) is 12.9. The second-order valence-corrected chi connectivity index (χ2v) is 4.65. The molecule has 0 radical (unpaired) electrons. The summed E-state index contributed by atoms with van der Waals surface area (Å²) >= 11 is 0. The number of ketones is 1. The van der Waals surface area contributed by atoms with E-state index in [4.69, 9.17) is 4.74 Å². The molecule has 0 aliphatic heterocycles. The van der Waals surface area contributed by atoms with E-state index in [1.807, 2.05) is 24.3 Å². The number of ether oxygens (including phenoxy) is 1. The number of hydrogen-bond donors (Lipinski definition) is 0. The summed E-state index contributed by atoms with van der Waals surface area (Å²) in [6.07, 6.45) is 7.29. The van der Waals surface area contributed by atoms with Gasteiger partial charge in [0.1, 0.15) is 5.75 Å². The Kier molecular flexibility index (Phi) is 4.57. The van der Waals surface area contributed by atoms with Gasteiger partial charge in [-0.1, -0.05) is 25.1 Å². The fraction of sp³-hybridized carbons (Fsp3) is 0.438. The fourth-order valence-corrected chi connectivity index (χ4v) is 2.21. The van der Waals surface area contributed by atoms with Gasteiger partial charge in [-0.2, -0.15) is 0 Å². The topological polar surface area (TPSA) is 26.3 Å². The Balaban J connectivity index is 2.21. The van der Waals surface area contributed by atoms with Crippen LogP contribution in [0.1, 0.15) is 49.4 Å². The maximum Gasteiger partial charge on any atom is 0.192 e. The lowest BCUT2D eigenvalue weighted by molar-refractivity contribution is 0.102. The molecular formula is C16H20O2. The van der Waals surface area contributed by atoms with Gasteiger partial charge in [0.25, 0.3) is 0 Å². The van der Waals surface area contributed by atoms with Crippen molar-refractivity contribution >= 4 is 5.78 Å². The van der Waals surface area contributed by atoms with Crippen molar-refractivity contribution < 1.29 is 9.53 Å². The molecule has 2 nitrogen and oxygen atoms in total. The summed E-state index contributed by atoms with van der Waals surface area (Å²) in [7, 11) is 0. The minimum absolute atomic E-state index is 0.140. The summed E-state index contributed by atoms with van der Waals surface area (Å²) < 4.78 is 5.65. The van der Waals surface area contributed by atoms with Crippen molar-refractivity contribution in [3.63, 3.8) is 0 Å². The zero-order valence-corrected chi connectivity index (χ0v) is 10.9. The maximum atomic E-state index is 12.4. The molecule has 0 saturated carbocycles. The highest BCUT2D eigenvalue weighted by atomic mass is 16.5. The van der Waals surface area contributed by atoms with Gasteiger partial charge in [0, 0.05) is 0 Å². The van der Waals surface area contributed by atoms with E-state index in [1.54, 1.807) is 0 Å². The fourth-order valence-electron chi connectivity index (χ4n) is 2.21. The smallest absolute Gasteiger partial charge is 0.192 e. The number of benzene rings is 1. The lowest BCUT2D eigenvalue weighted by atomic mass is 9.93. The minimum Gasteiger partial charge on any atom is -0.493 e. The van der Waals surface area contributed by atoms with Gasteiger partial charge in [0.2, 0.25) is 0 Å². The van der Waals surface area contributed by atoms with Crippen molar-refractivity contribution in [2.45, 2.75) is 39.0 Å². The molecule has 1 aliphatic rings. The molecule has 0 bridgehead atoms. The molecule has 0 N–H and O–H groups in total. The molecule has 1 aromatic carbocycles. The summed E-state index contributed by atoms with van der Waals surface area (Å²) in [6.45, 7) is 2.72. The zero-order valence-electron chi connectivity index (χ0n) is 10.9. The Bertz CT molecular complexity index is 446. The lowest BCUT2D eigenvalue weighted by Gasteiger charge is -2.14. The predicted molar refractivity (Wildman–Crippen MR) is 73.1 cm³/mol. The first-order valence-corrected chi connectivity index (χ1v) is 6.78. The highest BCUT2D eigenvalue weighted by Gasteiger charge is 2.17. The van der Waals surface area contributed by atoms with E-state index in [-0.39, 0.29) is 5.78 Å². The number of hydrogen-bond acceptors (Lipinski definition) is 2. The van der Waals surface area contributed by atoms with Crippen LogP contribution < -0.4 is 4.74 Å². The summed E-state index contributed by atoms with van der Waals surface area (Å²) in [5.74, 6) is 0.859. The summed E-state index contributed by atoms with van der Waals surface area (Å²) in [4.78, 5) is 12.4. The zero-order chi connectivity index (χ0) is 12.8. The van der Waals surface area contributed by atoms with Crippen LogP contribution in [0, 0.1) is 0 Å². The average molecular weight is 244 g/mol. The molecule has 0 aromatic heterocycles. The average Bonchev–Trinajstić information content (AvgIpc) is 2.45. The predicted octanol–water partition coefficient (Wildman–Crippen LogP) is 4.16. The second kappa shape index (κ2) is 6.39. The first-order chi connectivity index (χ1) is 8.83. The van der Waals surface area contributed by atoms with E-state index in [9.17, 15) is 4.79 Å². The van der Waals surface area contributed by atoms with Crippen LogP contribution in [0.5, 0.6) is 5.75 Å². The summed E-state index contributed by atoms with van der Waals surface area (Å²) in [6, 6.07) is 7.56. The molecule has 2 heteroatoms. The third kappa shape index (κ3) is 3.00. The minimum atomic E-state index is 0.140. The SMILES string of the molecule is CCCOc1ccccc1C(=O)C1=CCCCC1. The van der Waals surface area contributed by atoms with E-state index in [2.05, 4.69) is 13.0 Å². The monoisotopic (exact) mass is 244 g/mol. The van der Waals surface area contributed by atoms with Crippen LogP contribution in [0.25, 0.3) is 0 Å². The maximum absolute atomic E-state index is 12.4. The Morgan fingerprint density at radius 2 is 2.11 bits per heavy atom. The third-order valence-corrected chi connectivity index (χ3v) is 3.18. The van der Waals surface area contributed by atoms with E-state index >= 15 is 0 Å².